The van der Waals surface area contributed by atoms with E-state index in [1.54, 1.807) is 18.3 Å². The lowest BCUT2D eigenvalue weighted by Gasteiger charge is -2.15. The van der Waals surface area contributed by atoms with E-state index in [0.717, 1.165) is 12.8 Å². The maximum Gasteiger partial charge on any atom is 0.273 e. The van der Waals surface area contributed by atoms with Crippen molar-refractivity contribution in [2.45, 2.75) is 18.9 Å². The third-order valence-corrected chi connectivity index (χ3v) is 4.32. The van der Waals surface area contributed by atoms with Gasteiger partial charge < -0.3 is 11.1 Å². The molecule has 1 heterocycles. The Bertz CT molecular complexity index is 681. The lowest BCUT2D eigenvalue weighted by Crippen LogP contribution is -2.42. The van der Waals surface area contributed by atoms with E-state index in [1.807, 2.05) is 0 Å². The molecule has 2 aromatic rings. The number of nitrogens with two attached hydrogens (primary N) is 1. The fourth-order valence-corrected chi connectivity index (χ4v) is 2.79. The van der Waals surface area contributed by atoms with E-state index in [2.05, 4.69) is 26.3 Å². The summed E-state index contributed by atoms with van der Waals surface area (Å²) < 4.78 is 15.1. The Hall–Kier alpha value is -1.73. The summed E-state index contributed by atoms with van der Waals surface area (Å²) in [6.45, 7) is 0.423. The Morgan fingerprint density at radius 3 is 2.73 bits per heavy atom. The highest BCUT2D eigenvalue weighted by Crippen LogP contribution is 2.32. The van der Waals surface area contributed by atoms with E-state index in [4.69, 9.17) is 5.73 Å². The highest BCUT2D eigenvalue weighted by Gasteiger charge is 2.32. The van der Waals surface area contributed by atoms with Crippen LogP contribution >= 0.6 is 15.9 Å². The van der Waals surface area contributed by atoms with Crippen molar-refractivity contribution in [2.75, 3.05) is 6.54 Å². The van der Waals surface area contributed by atoms with Crippen LogP contribution < -0.4 is 11.1 Å². The minimum atomic E-state index is -0.317. The van der Waals surface area contributed by atoms with Gasteiger partial charge in [-0.25, -0.2) is 9.07 Å². The Morgan fingerprint density at radius 2 is 2.14 bits per heavy atom. The van der Waals surface area contributed by atoms with Gasteiger partial charge in [-0.15, -0.1) is 0 Å². The maximum atomic E-state index is 13.0. The Kier molecular flexibility index (Phi) is 4.26. The number of nitrogens with one attached hydrogen (secondary N) is 1. The number of carbonyl (C=O) groups is 1. The van der Waals surface area contributed by atoms with Crippen molar-refractivity contribution in [3.63, 3.8) is 0 Å². The number of benzene rings is 1. The fourth-order valence-electron chi connectivity index (χ4n) is 2.34. The topological polar surface area (TPSA) is 72.9 Å². The number of hydrogen-bond donors (Lipinski definition) is 2. The van der Waals surface area contributed by atoms with Crippen LogP contribution in [-0.4, -0.2) is 28.3 Å². The van der Waals surface area contributed by atoms with Crippen LogP contribution in [0.1, 0.15) is 23.3 Å². The quantitative estimate of drug-likeness (QED) is 0.852. The van der Waals surface area contributed by atoms with Crippen LogP contribution in [0.15, 0.2) is 34.9 Å². The van der Waals surface area contributed by atoms with Gasteiger partial charge in [0.05, 0.1) is 10.2 Å². The molecule has 0 bridgehead atoms. The molecule has 0 aliphatic heterocycles. The zero-order valence-electron chi connectivity index (χ0n) is 11.8. The Balaban J connectivity index is 1.79. The number of amides is 1. The molecule has 1 saturated carbocycles. The molecule has 22 heavy (non-hydrogen) atoms. The van der Waals surface area contributed by atoms with Gasteiger partial charge in [0, 0.05) is 18.8 Å². The predicted octanol–water partition coefficient (Wildman–Crippen LogP) is 2.24. The second kappa shape index (κ2) is 6.18. The first-order chi connectivity index (χ1) is 10.6. The zero-order valence-corrected chi connectivity index (χ0v) is 13.4. The molecule has 1 fully saturated rings. The van der Waals surface area contributed by atoms with Gasteiger partial charge in [0.1, 0.15) is 5.82 Å². The first kappa shape index (κ1) is 15.2. The molecule has 1 amide bonds. The number of rotatable bonds is 5. The molecule has 1 aliphatic carbocycles. The smallest absolute Gasteiger partial charge is 0.273 e. The van der Waals surface area contributed by atoms with Gasteiger partial charge in [-0.1, -0.05) is 0 Å². The van der Waals surface area contributed by atoms with Crippen molar-refractivity contribution < 1.29 is 9.18 Å². The summed E-state index contributed by atoms with van der Waals surface area (Å²) in [7, 11) is 0. The van der Waals surface area contributed by atoms with Crippen molar-refractivity contribution in [1.29, 1.82) is 0 Å². The predicted molar refractivity (Wildman–Crippen MR) is 84.3 cm³/mol. The second-order valence-corrected chi connectivity index (χ2v) is 6.25. The Morgan fingerprint density at radius 1 is 1.45 bits per heavy atom. The van der Waals surface area contributed by atoms with E-state index < -0.39 is 0 Å². The molecule has 7 heteroatoms. The molecule has 0 spiro atoms. The summed E-state index contributed by atoms with van der Waals surface area (Å²) in [4.78, 5) is 12.3. The van der Waals surface area contributed by atoms with Crippen LogP contribution in [-0.2, 0) is 0 Å². The summed E-state index contributed by atoms with van der Waals surface area (Å²) >= 11 is 3.34. The van der Waals surface area contributed by atoms with Crippen LogP contribution in [0.3, 0.4) is 0 Å². The van der Waals surface area contributed by atoms with Crippen molar-refractivity contribution >= 4 is 21.8 Å². The summed E-state index contributed by atoms with van der Waals surface area (Å²) in [5, 5.41) is 7.20. The maximum absolute atomic E-state index is 13.0. The number of carbonyl (C=O) groups excluding carboxylic acids is 1. The van der Waals surface area contributed by atoms with E-state index in [1.165, 1.54) is 16.8 Å². The monoisotopic (exact) mass is 366 g/mol. The van der Waals surface area contributed by atoms with Gasteiger partial charge in [-0.2, -0.15) is 5.10 Å². The molecule has 3 N–H and O–H groups in total. The molecule has 0 saturated heterocycles. The van der Waals surface area contributed by atoms with Crippen molar-refractivity contribution in [2.24, 2.45) is 11.7 Å². The molecule has 3 rings (SSSR count). The third-order valence-electron chi connectivity index (χ3n) is 3.74. The highest BCUT2D eigenvalue weighted by molar-refractivity contribution is 9.10. The lowest BCUT2D eigenvalue weighted by atomic mass is 10.2. The van der Waals surface area contributed by atoms with E-state index in [-0.39, 0.29) is 17.8 Å². The van der Waals surface area contributed by atoms with E-state index >= 15 is 0 Å². The summed E-state index contributed by atoms with van der Waals surface area (Å²) in [5.41, 5.74) is 6.68. The molecule has 1 unspecified atom stereocenters. The fraction of sp³-hybridized carbons (Fsp3) is 0.333. The largest absolute Gasteiger partial charge is 0.346 e. The lowest BCUT2D eigenvalue weighted by molar-refractivity contribution is 0.0927. The van der Waals surface area contributed by atoms with Gasteiger partial charge in [0.25, 0.3) is 5.91 Å². The molecular formula is C15H16BrFN4O. The van der Waals surface area contributed by atoms with Crippen molar-refractivity contribution in [1.82, 2.24) is 15.1 Å². The number of hydrogen-bond acceptors (Lipinski definition) is 3. The van der Waals surface area contributed by atoms with Gasteiger partial charge in [0.2, 0.25) is 0 Å². The first-order valence-corrected chi connectivity index (χ1v) is 7.90. The summed E-state index contributed by atoms with van der Waals surface area (Å²) in [6.07, 6.45) is 3.89. The molecule has 116 valence electrons. The number of aromatic nitrogens is 2. The normalized spacial score (nSPS) is 15.6. The van der Waals surface area contributed by atoms with Crippen LogP contribution in [0.25, 0.3) is 5.69 Å². The molecule has 0 radical (unpaired) electrons. The van der Waals surface area contributed by atoms with Crippen molar-refractivity contribution in [3.05, 3.63) is 46.4 Å². The SMILES string of the molecule is NCC(NC(=O)c1nn(-c2ccc(F)cc2)cc1Br)C1CC1. The van der Waals surface area contributed by atoms with Gasteiger partial charge in [-0.3, -0.25) is 4.79 Å². The van der Waals surface area contributed by atoms with Crippen LogP contribution in [0, 0.1) is 11.7 Å². The first-order valence-electron chi connectivity index (χ1n) is 7.10. The minimum Gasteiger partial charge on any atom is -0.346 e. The molecule has 5 nitrogen and oxygen atoms in total. The average molecular weight is 367 g/mol. The zero-order chi connectivity index (χ0) is 15.7. The standard InChI is InChI=1S/C15H16BrFN4O/c16-12-8-21(11-5-3-10(17)4-6-11)20-14(12)15(22)19-13(7-18)9-1-2-9/h3-6,8-9,13H,1-2,7,18H2,(H,19,22). The molecule has 1 aliphatic rings. The van der Waals surface area contributed by atoms with Crippen molar-refractivity contribution in [3.8, 4) is 5.69 Å². The second-order valence-electron chi connectivity index (χ2n) is 5.40. The number of nitrogens with zero attached hydrogens (tertiary/aromatic N) is 2. The van der Waals surface area contributed by atoms with Crippen LogP contribution in [0.4, 0.5) is 4.39 Å². The molecule has 1 aromatic carbocycles. The number of halogens is 2. The van der Waals surface area contributed by atoms with Gasteiger partial charge in [-0.05, 0) is 59.0 Å². The van der Waals surface area contributed by atoms with Crippen LogP contribution in [0.5, 0.6) is 0 Å². The minimum absolute atomic E-state index is 0.00429. The third kappa shape index (κ3) is 3.20. The summed E-state index contributed by atoms with van der Waals surface area (Å²) in [6, 6.07) is 5.90. The van der Waals surface area contributed by atoms with Gasteiger partial charge in [0.15, 0.2) is 5.69 Å². The Labute approximate surface area is 135 Å². The highest BCUT2D eigenvalue weighted by atomic mass is 79.9. The van der Waals surface area contributed by atoms with E-state index in [9.17, 15) is 9.18 Å². The van der Waals surface area contributed by atoms with Gasteiger partial charge >= 0.3 is 0 Å². The molecule has 1 atom stereocenters. The van der Waals surface area contributed by atoms with E-state index in [0.29, 0.717) is 28.3 Å². The molecular weight excluding hydrogens is 351 g/mol. The summed E-state index contributed by atoms with van der Waals surface area (Å²) in [5.74, 6) is -0.0924. The van der Waals surface area contributed by atoms with Crippen LogP contribution in [0.2, 0.25) is 0 Å². The molecule has 1 aromatic heterocycles. The average Bonchev–Trinajstić information content (AvgIpc) is 3.27.